The van der Waals surface area contributed by atoms with E-state index in [-0.39, 0.29) is 44.1 Å². The minimum Gasteiger partial charge on any atom is -0.490 e. The normalized spacial score (nSPS) is 16.7. The average Bonchev–Trinajstić information content (AvgIpc) is 3.40. The van der Waals surface area contributed by atoms with E-state index in [1.54, 1.807) is 43.7 Å². The molecule has 0 radical (unpaired) electrons. The highest BCUT2D eigenvalue weighted by Gasteiger charge is 2.29. The fourth-order valence-electron chi connectivity index (χ4n) is 4.66. The fourth-order valence-corrected chi connectivity index (χ4v) is 5.55. The molecule has 5 rings (SSSR count). The molecule has 12 heteroatoms. The van der Waals surface area contributed by atoms with Gasteiger partial charge >= 0.3 is 6.09 Å². The molecule has 1 aliphatic carbocycles. The van der Waals surface area contributed by atoms with E-state index in [2.05, 4.69) is 15.5 Å². The largest absolute Gasteiger partial charge is 0.490 e. The molecule has 0 atom stereocenters. The Hall–Kier alpha value is -3.87. The predicted octanol–water partition coefficient (Wildman–Crippen LogP) is 4.94. The molecule has 1 amide bonds. The fraction of sp³-hybridized carbons (Fsp3) is 0.400. The number of hydrogen-bond acceptors (Lipinski definition) is 9. The topological polar surface area (TPSA) is 125 Å². The van der Waals surface area contributed by atoms with Gasteiger partial charge in [0, 0.05) is 47.4 Å². The van der Waals surface area contributed by atoms with Crippen LogP contribution in [0.3, 0.4) is 0 Å². The summed E-state index contributed by atoms with van der Waals surface area (Å²) in [5, 5.41) is 23.9. The van der Waals surface area contributed by atoms with Crippen molar-refractivity contribution in [3.63, 3.8) is 0 Å². The number of carbonyl (C=O) groups is 1. The third-order valence-corrected chi connectivity index (χ3v) is 7.61. The van der Waals surface area contributed by atoms with Crippen LogP contribution in [0.1, 0.15) is 39.7 Å². The van der Waals surface area contributed by atoms with Gasteiger partial charge in [0.15, 0.2) is 0 Å². The molecule has 1 aromatic carbocycles. The Kier molecular flexibility index (Phi) is 8.85. The number of aliphatic hydroxyl groups excluding tert-OH is 1. The summed E-state index contributed by atoms with van der Waals surface area (Å²) >= 11 is 1.47. The van der Waals surface area contributed by atoms with Crippen molar-refractivity contribution in [1.82, 2.24) is 20.1 Å². The molecule has 42 heavy (non-hydrogen) atoms. The molecule has 0 aliphatic heterocycles. The maximum Gasteiger partial charge on any atom is 0.407 e. The van der Waals surface area contributed by atoms with Gasteiger partial charge in [-0.05, 0) is 63.3 Å². The first-order valence-electron chi connectivity index (χ1n) is 13.7. The number of nitrogens with one attached hydrogen (secondary N) is 1. The number of hydrogen-bond donors (Lipinski definition) is 2. The zero-order chi connectivity index (χ0) is 29.9. The Labute approximate surface area is 246 Å². The number of fused-ring (bicyclic) bond motifs is 1. The zero-order valence-corrected chi connectivity index (χ0v) is 24.4. The molecule has 0 bridgehead atoms. The van der Waals surface area contributed by atoms with Gasteiger partial charge in [0.1, 0.15) is 35.2 Å². The van der Waals surface area contributed by atoms with E-state index in [4.69, 9.17) is 14.2 Å². The molecule has 0 unspecified atom stereocenters. The van der Waals surface area contributed by atoms with Gasteiger partial charge < -0.3 is 29.2 Å². The third kappa shape index (κ3) is 6.94. The van der Waals surface area contributed by atoms with Gasteiger partial charge in [-0.25, -0.2) is 9.18 Å². The summed E-state index contributed by atoms with van der Waals surface area (Å²) in [6.45, 7) is 6.26. The van der Waals surface area contributed by atoms with Gasteiger partial charge in [0.2, 0.25) is 0 Å². The van der Waals surface area contributed by atoms with Crippen LogP contribution in [0.4, 0.5) is 9.18 Å². The van der Waals surface area contributed by atoms with E-state index in [1.165, 1.54) is 23.5 Å². The molecular formula is C30H33FN4O6S. The van der Waals surface area contributed by atoms with Crippen molar-refractivity contribution < 1.29 is 28.5 Å². The zero-order valence-electron chi connectivity index (χ0n) is 23.6. The van der Waals surface area contributed by atoms with E-state index in [0.29, 0.717) is 41.1 Å². The summed E-state index contributed by atoms with van der Waals surface area (Å²) in [7, 11) is 0. The Morgan fingerprint density at radius 3 is 2.64 bits per heavy atom. The summed E-state index contributed by atoms with van der Waals surface area (Å²) in [5.74, 6) is -0.157. The van der Waals surface area contributed by atoms with Crippen molar-refractivity contribution in [3.8, 4) is 28.3 Å². The second kappa shape index (κ2) is 12.6. The Balaban J connectivity index is 1.27. The summed E-state index contributed by atoms with van der Waals surface area (Å²) in [4.78, 5) is 24.5. The lowest BCUT2D eigenvalue weighted by atomic mass is 9.89. The second-order valence-electron chi connectivity index (χ2n) is 11.0. The number of aromatic nitrogens is 3. The van der Waals surface area contributed by atoms with Crippen LogP contribution in [0.15, 0.2) is 52.8 Å². The Morgan fingerprint density at radius 1 is 1.12 bits per heavy atom. The van der Waals surface area contributed by atoms with Gasteiger partial charge in [-0.3, -0.25) is 4.79 Å². The number of benzene rings is 1. The van der Waals surface area contributed by atoms with Crippen LogP contribution in [0.25, 0.3) is 32.6 Å². The Bertz CT molecular complexity index is 1630. The molecule has 1 fully saturated rings. The number of carbonyl (C=O) groups excluding carboxylic acids is 1. The minimum atomic E-state index is -0.576. The molecule has 3 heterocycles. The van der Waals surface area contributed by atoms with E-state index in [0.717, 1.165) is 10.1 Å². The average molecular weight is 597 g/mol. The van der Waals surface area contributed by atoms with Crippen molar-refractivity contribution in [1.29, 1.82) is 0 Å². The summed E-state index contributed by atoms with van der Waals surface area (Å²) in [5.41, 5.74) is 1.60. The highest BCUT2D eigenvalue weighted by atomic mass is 32.1. The number of aliphatic hydroxyl groups is 1. The number of halogens is 1. The summed E-state index contributed by atoms with van der Waals surface area (Å²) in [6, 6.07) is 9.55. The first-order chi connectivity index (χ1) is 20.1. The number of nitrogens with zero attached hydrogens (tertiary/aromatic N) is 3. The molecule has 1 saturated carbocycles. The number of ether oxygens (including phenoxy) is 3. The van der Waals surface area contributed by atoms with Gasteiger partial charge in [0.25, 0.3) is 5.56 Å². The first kappa shape index (κ1) is 29.6. The maximum atomic E-state index is 14.2. The highest BCUT2D eigenvalue weighted by Crippen LogP contribution is 2.39. The van der Waals surface area contributed by atoms with Crippen LogP contribution < -0.4 is 15.6 Å². The first-order valence-corrected chi connectivity index (χ1v) is 14.6. The molecule has 0 spiro atoms. The van der Waals surface area contributed by atoms with Crippen molar-refractivity contribution in [2.45, 2.75) is 51.4 Å². The van der Waals surface area contributed by atoms with E-state index in [1.807, 2.05) is 17.5 Å². The molecule has 0 saturated heterocycles. The van der Waals surface area contributed by atoms with Crippen LogP contribution in [-0.4, -0.2) is 64.0 Å². The molecule has 3 aromatic heterocycles. The number of pyridine rings is 1. The molecule has 2 N–H and O–H groups in total. The van der Waals surface area contributed by atoms with Gasteiger partial charge in [-0.1, -0.05) is 0 Å². The number of amides is 1. The lowest BCUT2D eigenvalue weighted by molar-refractivity contribution is 0.0469. The van der Waals surface area contributed by atoms with Crippen molar-refractivity contribution in [2.24, 2.45) is 0 Å². The van der Waals surface area contributed by atoms with Gasteiger partial charge in [0.05, 0.1) is 24.0 Å². The smallest absolute Gasteiger partial charge is 0.407 e. The van der Waals surface area contributed by atoms with Crippen molar-refractivity contribution in [3.05, 3.63) is 64.1 Å². The molecule has 222 valence electrons. The lowest BCUT2D eigenvalue weighted by Gasteiger charge is -2.32. The minimum absolute atomic E-state index is 0.00683. The quantitative estimate of drug-likeness (QED) is 0.247. The molecular weight excluding hydrogens is 563 g/mol. The highest BCUT2D eigenvalue weighted by molar-refractivity contribution is 7.17. The summed E-state index contributed by atoms with van der Waals surface area (Å²) < 4.78 is 33.3. The number of alkyl carbamates (subject to hydrolysis) is 1. The number of thiophene rings is 1. The van der Waals surface area contributed by atoms with Gasteiger partial charge in [-0.2, -0.15) is 0 Å². The maximum absolute atomic E-state index is 14.2. The molecule has 1 aliphatic rings. The van der Waals surface area contributed by atoms with Crippen LogP contribution >= 0.6 is 11.3 Å². The van der Waals surface area contributed by atoms with Gasteiger partial charge in [-0.15, -0.1) is 21.5 Å². The molecule has 10 nitrogen and oxygen atoms in total. The van der Waals surface area contributed by atoms with Crippen molar-refractivity contribution >= 4 is 27.5 Å². The van der Waals surface area contributed by atoms with E-state index >= 15 is 0 Å². The molecule has 4 aromatic rings. The second-order valence-corrected chi connectivity index (χ2v) is 11.9. The van der Waals surface area contributed by atoms with Crippen LogP contribution in [0, 0.1) is 5.82 Å². The predicted molar refractivity (Wildman–Crippen MR) is 157 cm³/mol. The van der Waals surface area contributed by atoms with Crippen molar-refractivity contribution in [2.75, 3.05) is 26.4 Å². The standard InChI is InChI=1S/C30H33FN4O6S/c1-30(2,3)41-29(38)32-8-10-39-11-12-40-24-15-19(31)4-5-22(24)27-28-23(7-13-42-28)26(33-34-27)18-6-9-35(25(37)14-18)20-16-21(36)17-20/h4-7,9,13-15,20-21,36H,8,10-12,16-17H2,1-3H3,(H,32,38). The lowest BCUT2D eigenvalue weighted by Crippen LogP contribution is -2.36. The van der Waals surface area contributed by atoms with Crippen LogP contribution in [0.2, 0.25) is 0 Å². The van der Waals surface area contributed by atoms with E-state index < -0.39 is 17.5 Å². The Morgan fingerprint density at radius 2 is 1.90 bits per heavy atom. The number of rotatable bonds is 10. The van der Waals surface area contributed by atoms with Crippen LogP contribution in [-0.2, 0) is 9.47 Å². The third-order valence-electron chi connectivity index (χ3n) is 6.69. The van der Waals surface area contributed by atoms with E-state index in [9.17, 15) is 19.1 Å². The van der Waals surface area contributed by atoms with Crippen LogP contribution in [0.5, 0.6) is 5.75 Å². The summed E-state index contributed by atoms with van der Waals surface area (Å²) in [6.07, 6.45) is 2.01. The monoisotopic (exact) mass is 596 g/mol. The SMILES string of the molecule is CC(C)(C)OC(=O)NCCOCCOc1cc(F)ccc1-c1nnc(-c2ccn(C3CC(O)C3)c(=O)c2)c2ccsc12.